The number of hydrogen-bond acceptors (Lipinski definition) is 27. The molecule has 678 valence electrons. The summed E-state index contributed by atoms with van der Waals surface area (Å²) >= 11 is 30.7. The number of nitrogens with one attached hydrogen (secondary N) is 5. The summed E-state index contributed by atoms with van der Waals surface area (Å²) in [5, 5.41) is 15.6. The van der Waals surface area contributed by atoms with Gasteiger partial charge in [0.2, 0.25) is 32.6 Å². The topological polar surface area (TPSA) is 213 Å². The zero-order valence-electron chi connectivity index (χ0n) is 79.7. The first kappa shape index (κ1) is 112. The van der Waals surface area contributed by atoms with Gasteiger partial charge in [-0.05, 0) is 143 Å². The summed E-state index contributed by atoms with van der Waals surface area (Å²) in [6.45, 7) is 69.6. The molecule has 0 saturated carbocycles. The van der Waals surface area contributed by atoms with Crippen LogP contribution in [0.25, 0.3) is 0 Å². The first-order valence-corrected chi connectivity index (χ1v) is 45.9. The minimum Gasteiger partial charge on any atom is -0.385 e. The quantitative estimate of drug-likeness (QED) is 0.0178. The molecule has 6 aromatic carbocycles. The van der Waals surface area contributed by atoms with Crippen molar-refractivity contribution in [1.29, 1.82) is 0 Å². The Kier molecular flexibility index (Phi) is 50.2. The van der Waals surface area contributed by atoms with Crippen LogP contribution in [-0.4, -0.2) is 202 Å². The minimum atomic E-state index is -0.162. The van der Waals surface area contributed by atoms with E-state index in [9.17, 15) is 28.8 Å². The standard InChI is InChI=1S/C19H34N2O2S.C18H32N2O2S.C17H30N2O2S.2C13H22N2OS.C12H20N2OS/c1-7-9-21(10-8-2)12-14-23-13-11-20(6)16-15(19(3,4)5)17(22)18(16)24;1-7-9-20(8-2)11-13-22-12-10-19(6)15-14(18(3,4)5)16(21)17(15)23;1-7-8-18(5)9-11-21-12-10-19(6)14-13(17(2,3)4)15(20)16(14)22;1-13(2,3)7-6-8-14-9-10(15(4)5)12(17)11(9)16;1-5-14-10-9(11(16)12(10)17)15-8-6-7-13(2,3)4;1-12(2,3)6-5-7-14-8-9(13-4)11(16)10(8)15/h7-14H2,1-6H3;7-13H2,1-6H3;7-12H2,1-6H3;14H,6-8H2,1-5H3;14-15H,5-8H2,1-4H3;13-14H,5-7H2,1-4H3. The molecule has 6 aromatic rings. The molecule has 0 aliphatic carbocycles. The summed E-state index contributed by atoms with van der Waals surface area (Å²) in [5.74, 6) is 0. The second-order valence-electron chi connectivity index (χ2n) is 38.2. The molecule has 0 heterocycles. The number of likely N-dealkylation sites (N-methyl/N-ethyl adjacent to an activating group) is 5. The molecule has 0 bridgehead atoms. The summed E-state index contributed by atoms with van der Waals surface area (Å²) < 4.78 is 19.9. The lowest BCUT2D eigenvalue weighted by atomic mass is 9.82. The summed E-state index contributed by atoms with van der Waals surface area (Å²) in [5.41, 5.74) is 10.4. The maximum atomic E-state index is 12.0. The Morgan fingerprint density at radius 1 is 0.311 bits per heavy atom. The third-order valence-corrected chi connectivity index (χ3v) is 22.4. The second kappa shape index (κ2) is 53.3. The maximum Gasteiger partial charge on any atom is 0.223 e. The van der Waals surface area contributed by atoms with Gasteiger partial charge in [-0.3, -0.25) is 28.8 Å². The average molecular weight is 1770 g/mol. The lowest BCUT2D eigenvalue weighted by molar-refractivity contribution is 0.108. The minimum absolute atomic E-state index is 0.0144. The van der Waals surface area contributed by atoms with Crippen molar-refractivity contribution >= 4 is 124 Å². The van der Waals surface area contributed by atoms with E-state index < -0.39 is 0 Å². The average Bonchev–Trinajstić information content (AvgIpc) is 0.756. The lowest BCUT2D eigenvalue weighted by Gasteiger charge is -2.30. The van der Waals surface area contributed by atoms with Crippen LogP contribution in [0.5, 0.6) is 0 Å². The Morgan fingerprint density at radius 3 is 0.899 bits per heavy atom. The van der Waals surface area contributed by atoms with Gasteiger partial charge in [-0.25, -0.2) is 0 Å². The Hall–Kier alpha value is -5.04. The second-order valence-corrected chi connectivity index (χ2v) is 40.7. The van der Waals surface area contributed by atoms with E-state index in [-0.39, 0.29) is 48.8 Å². The molecule has 5 N–H and O–H groups in total. The fourth-order valence-electron chi connectivity index (χ4n) is 13.5. The summed E-state index contributed by atoms with van der Waals surface area (Å²) in [6, 6.07) is 0. The van der Waals surface area contributed by atoms with Crippen LogP contribution in [0.15, 0.2) is 28.8 Å². The van der Waals surface area contributed by atoms with E-state index in [0.29, 0.717) is 80.2 Å². The molecule has 0 aliphatic heterocycles. The van der Waals surface area contributed by atoms with Gasteiger partial charge < -0.3 is 75.1 Å². The summed E-state index contributed by atoms with van der Waals surface area (Å²) in [6.07, 6.45) is 11.3. The molecule has 0 saturated heterocycles. The highest BCUT2D eigenvalue weighted by Crippen LogP contribution is 2.36. The van der Waals surface area contributed by atoms with Crippen molar-refractivity contribution < 1.29 is 14.2 Å². The first-order chi connectivity index (χ1) is 55.1. The number of nitrogens with zero attached hydrogens (tertiary/aromatic N) is 7. The zero-order valence-corrected chi connectivity index (χ0v) is 84.6. The summed E-state index contributed by atoms with van der Waals surface area (Å²) in [4.78, 5) is 85.7. The van der Waals surface area contributed by atoms with E-state index in [1.54, 1.807) is 7.05 Å². The number of anilines is 9. The predicted molar refractivity (Wildman–Crippen MR) is 531 cm³/mol. The number of rotatable bonds is 46. The molecule has 0 amide bonds. The summed E-state index contributed by atoms with van der Waals surface area (Å²) in [7, 11) is 13.7. The van der Waals surface area contributed by atoms with Gasteiger partial charge in [-0.15, -0.1) is 0 Å². The van der Waals surface area contributed by atoms with Crippen molar-refractivity contribution in [3.05, 3.63) is 105 Å². The van der Waals surface area contributed by atoms with Crippen LogP contribution < -0.4 is 78.8 Å². The number of ether oxygens (including phenoxy) is 3. The molecule has 0 aliphatic rings. The van der Waals surface area contributed by atoms with E-state index in [4.69, 9.17) is 87.5 Å². The number of hydrogen-bond donors (Lipinski definition) is 5. The van der Waals surface area contributed by atoms with Crippen LogP contribution in [0, 0.1) is 43.3 Å². The van der Waals surface area contributed by atoms with Crippen molar-refractivity contribution in [1.82, 2.24) is 14.7 Å². The van der Waals surface area contributed by atoms with Gasteiger partial charge >= 0.3 is 0 Å². The van der Waals surface area contributed by atoms with E-state index >= 15 is 0 Å². The molecule has 21 nitrogen and oxygen atoms in total. The van der Waals surface area contributed by atoms with Gasteiger partial charge in [0.05, 0.1) is 73.8 Å². The smallest absolute Gasteiger partial charge is 0.223 e. The molecule has 0 spiro atoms. The van der Waals surface area contributed by atoms with E-state index in [1.165, 1.54) is 19.3 Å². The molecule has 0 fully saturated rings. The van der Waals surface area contributed by atoms with Crippen LogP contribution in [0.2, 0.25) is 0 Å². The van der Waals surface area contributed by atoms with Crippen LogP contribution in [0.4, 0.5) is 51.2 Å². The molecule has 0 atom stereocenters. The van der Waals surface area contributed by atoms with E-state index in [0.717, 1.165) is 214 Å². The Morgan fingerprint density at radius 2 is 0.597 bits per heavy atom. The highest BCUT2D eigenvalue weighted by atomic mass is 32.1. The van der Waals surface area contributed by atoms with Crippen LogP contribution in [0.1, 0.15) is 247 Å². The van der Waals surface area contributed by atoms with Crippen molar-refractivity contribution in [2.45, 2.75) is 247 Å². The van der Waals surface area contributed by atoms with Gasteiger partial charge in [0.1, 0.15) is 44.1 Å². The van der Waals surface area contributed by atoms with Crippen molar-refractivity contribution in [2.24, 2.45) is 16.2 Å². The van der Waals surface area contributed by atoms with Gasteiger partial charge in [-0.2, -0.15) is 0 Å². The third-order valence-electron chi connectivity index (χ3n) is 20.1. The highest BCUT2D eigenvalue weighted by Gasteiger charge is 2.33. The van der Waals surface area contributed by atoms with Crippen molar-refractivity contribution in [3.8, 4) is 0 Å². The molecule has 27 heteroatoms. The molecule has 0 radical (unpaired) electrons. The Labute approximate surface area is 749 Å². The maximum absolute atomic E-state index is 12.0. The fraction of sp³-hybridized carbons (Fsp3) is 0.739. The fourth-order valence-corrected chi connectivity index (χ4v) is 15.6. The first-order valence-electron chi connectivity index (χ1n) is 43.5. The van der Waals surface area contributed by atoms with Gasteiger partial charge in [0.15, 0.2) is 0 Å². The van der Waals surface area contributed by atoms with Gasteiger partial charge in [-0.1, -0.05) is 233 Å². The molecule has 6 rings (SSSR count). The largest absolute Gasteiger partial charge is 0.385 e. The highest BCUT2D eigenvalue weighted by molar-refractivity contribution is 7.72. The van der Waals surface area contributed by atoms with Crippen LogP contribution in [0.3, 0.4) is 0 Å². The molecule has 0 aromatic heterocycles. The van der Waals surface area contributed by atoms with Crippen LogP contribution in [-0.2, 0) is 30.5 Å². The van der Waals surface area contributed by atoms with Gasteiger partial charge in [0.25, 0.3) is 0 Å². The van der Waals surface area contributed by atoms with Crippen molar-refractivity contribution in [2.75, 3.05) is 233 Å². The molecular formula is C92H160N12O9S6. The Balaban J connectivity index is 0.000000719. The third kappa shape index (κ3) is 37.7. The normalized spacial score (nSPS) is 12.1. The lowest BCUT2D eigenvalue weighted by Crippen LogP contribution is -2.36. The van der Waals surface area contributed by atoms with Crippen LogP contribution >= 0.6 is 73.3 Å². The predicted octanol–water partition coefficient (Wildman–Crippen LogP) is 18.6. The SMILES string of the molecule is CCCN(C)CCOCCN(C)c1c(C(C)(C)C)c(=O)c1=S.CCCN(CC)CCOCCN(C)c1c(C(C)(C)C)c(=O)c1=S.CCCN(CCC)CCOCCN(C)c1c(C(C)(C)C)c(=O)c1=S.CCNc1c(NCCCC(C)(C)C)c(=O)c1=S.CN(C)c1c(NCCCC(C)(C)C)c(=O)c1=S.CNc1c(NCCCC(C)(C)C)c(=O)c1=S. The van der Waals surface area contributed by atoms with Gasteiger partial charge in [0, 0.05) is 124 Å². The molecule has 119 heavy (non-hydrogen) atoms. The Bertz CT molecular complexity index is 4420. The molecule has 0 unspecified atom stereocenters. The van der Waals surface area contributed by atoms with E-state index in [2.05, 4.69) is 222 Å². The molecular weight excluding hydrogens is 1610 g/mol. The van der Waals surface area contributed by atoms with E-state index in [1.807, 2.05) is 47.1 Å². The zero-order chi connectivity index (χ0) is 91.5. The van der Waals surface area contributed by atoms with Crippen molar-refractivity contribution in [3.63, 3.8) is 0 Å². The monoisotopic (exact) mass is 1770 g/mol.